The molecule has 3 rings (SSSR count). The summed E-state index contributed by atoms with van der Waals surface area (Å²) in [6, 6.07) is 18.6. The highest BCUT2D eigenvalue weighted by Gasteiger charge is 2.36. The molecule has 4 nitrogen and oxygen atoms in total. The fourth-order valence-corrected chi connectivity index (χ4v) is 2.34. The van der Waals surface area contributed by atoms with Gasteiger partial charge in [0.1, 0.15) is 6.04 Å². The van der Waals surface area contributed by atoms with E-state index in [1.54, 1.807) is 0 Å². The van der Waals surface area contributed by atoms with Gasteiger partial charge in [-0.1, -0.05) is 48.5 Å². The summed E-state index contributed by atoms with van der Waals surface area (Å²) in [5.74, 6) is -0.0806. The van der Waals surface area contributed by atoms with E-state index in [0.717, 1.165) is 11.1 Å². The molecule has 2 atom stereocenters. The van der Waals surface area contributed by atoms with Gasteiger partial charge in [0.15, 0.2) is 6.10 Å². The average Bonchev–Trinajstić information content (AvgIpc) is 2.55. The standard InChI is InChI=1S/C17H15NO3/c1-20-15-14(12-8-4-2-5-9-12)18-16(21-17(15)19)13-10-6-3-7-11-13/h2-11,14-15H,1H3/t14-,15+/m0/s1. The first-order chi connectivity index (χ1) is 10.3. The van der Waals surface area contributed by atoms with Crippen LogP contribution in [-0.4, -0.2) is 25.1 Å². The molecule has 0 saturated carbocycles. The van der Waals surface area contributed by atoms with Crippen molar-refractivity contribution in [3.8, 4) is 0 Å². The Morgan fingerprint density at radius 1 is 1.00 bits per heavy atom. The fraction of sp³-hybridized carbons (Fsp3) is 0.176. The van der Waals surface area contributed by atoms with E-state index >= 15 is 0 Å². The third-order valence-corrected chi connectivity index (χ3v) is 3.39. The smallest absolute Gasteiger partial charge is 0.344 e. The maximum absolute atomic E-state index is 12.2. The second kappa shape index (κ2) is 5.89. The zero-order chi connectivity index (χ0) is 14.7. The van der Waals surface area contributed by atoms with E-state index in [0.29, 0.717) is 5.90 Å². The molecule has 4 heteroatoms. The number of hydrogen-bond acceptors (Lipinski definition) is 4. The Balaban J connectivity index is 2.03. The van der Waals surface area contributed by atoms with E-state index in [-0.39, 0.29) is 0 Å². The molecule has 0 bridgehead atoms. The molecule has 1 heterocycles. The summed E-state index contributed by atoms with van der Waals surface area (Å²) in [6.45, 7) is 0. The molecular weight excluding hydrogens is 266 g/mol. The molecule has 0 fully saturated rings. The van der Waals surface area contributed by atoms with E-state index in [1.807, 2.05) is 60.7 Å². The molecular formula is C17H15NO3. The topological polar surface area (TPSA) is 47.9 Å². The van der Waals surface area contributed by atoms with E-state index < -0.39 is 18.1 Å². The molecule has 0 N–H and O–H groups in total. The maximum atomic E-state index is 12.2. The van der Waals surface area contributed by atoms with Gasteiger partial charge in [-0.3, -0.25) is 0 Å². The summed E-state index contributed by atoms with van der Waals surface area (Å²) in [4.78, 5) is 16.7. The lowest BCUT2D eigenvalue weighted by atomic mass is 10.0. The highest BCUT2D eigenvalue weighted by molar-refractivity contribution is 6.03. The second-order valence-electron chi connectivity index (χ2n) is 4.73. The van der Waals surface area contributed by atoms with Gasteiger partial charge in [-0.15, -0.1) is 0 Å². The molecule has 0 aliphatic carbocycles. The number of ether oxygens (including phenoxy) is 2. The third-order valence-electron chi connectivity index (χ3n) is 3.39. The summed E-state index contributed by atoms with van der Waals surface area (Å²) in [5, 5.41) is 0. The summed E-state index contributed by atoms with van der Waals surface area (Å²) in [7, 11) is 1.49. The first-order valence-electron chi connectivity index (χ1n) is 6.72. The minimum absolute atomic E-state index is 0.336. The highest BCUT2D eigenvalue weighted by Crippen LogP contribution is 2.29. The van der Waals surface area contributed by atoms with Gasteiger partial charge in [-0.2, -0.15) is 0 Å². The van der Waals surface area contributed by atoms with Crippen LogP contribution in [0.2, 0.25) is 0 Å². The van der Waals surface area contributed by atoms with Crippen molar-refractivity contribution in [1.82, 2.24) is 0 Å². The monoisotopic (exact) mass is 281 g/mol. The molecule has 1 aliphatic rings. The average molecular weight is 281 g/mol. The first-order valence-corrected chi connectivity index (χ1v) is 6.72. The number of benzene rings is 2. The molecule has 0 saturated heterocycles. The van der Waals surface area contributed by atoms with Crippen LogP contribution < -0.4 is 0 Å². The number of carbonyl (C=O) groups excluding carboxylic acids is 1. The van der Waals surface area contributed by atoms with Crippen LogP contribution >= 0.6 is 0 Å². The molecule has 2 aromatic carbocycles. The zero-order valence-electron chi connectivity index (χ0n) is 11.6. The molecule has 0 unspecified atom stereocenters. The second-order valence-corrected chi connectivity index (χ2v) is 4.73. The van der Waals surface area contributed by atoms with Crippen molar-refractivity contribution in [3.05, 3.63) is 71.8 Å². The summed E-state index contributed by atoms with van der Waals surface area (Å²) >= 11 is 0. The van der Waals surface area contributed by atoms with E-state index in [1.165, 1.54) is 7.11 Å². The van der Waals surface area contributed by atoms with Gasteiger partial charge in [-0.25, -0.2) is 9.79 Å². The third kappa shape index (κ3) is 2.71. The molecule has 0 radical (unpaired) electrons. The van der Waals surface area contributed by atoms with Gasteiger partial charge in [-0.05, 0) is 17.7 Å². The van der Waals surface area contributed by atoms with Gasteiger partial charge in [0, 0.05) is 12.7 Å². The Labute approximate surface area is 123 Å². The number of hydrogen-bond donors (Lipinski definition) is 0. The van der Waals surface area contributed by atoms with Crippen molar-refractivity contribution in [2.75, 3.05) is 7.11 Å². The van der Waals surface area contributed by atoms with Gasteiger partial charge in [0.05, 0.1) is 0 Å². The lowest BCUT2D eigenvalue weighted by molar-refractivity contribution is -0.149. The predicted molar refractivity (Wildman–Crippen MR) is 79.1 cm³/mol. The Hall–Kier alpha value is -2.46. The number of aliphatic imine (C=N–C) groups is 1. The molecule has 0 amide bonds. The molecule has 1 aliphatic heterocycles. The van der Waals surface area contributed by atoms with E-state index in [4.69, 9.17) is 9.47 Å². The van der Waals surface area contributed by atoms with Gasteiger partial charge in [0.25, 0.3) is 0 Å². The molecule has 2 aromatic rings. The summed E-state index contributed by atoms with van der Waals surface area (Å²) in [5.41, 5.74) is 1.70. The van der Waals surface area contributed by atoms with Crippen molar-refractivity contribution in [2.45, 2.75) is 12.1 Å². The minimum Gasteiger partial charge on any atom is -0.405 e. The van der Waals surface area contributed by atoms with Crippen molar-refractivity contribution >= 4 is 11.9 Å². The predicted octanol–water partition coefficient (Wildman–Crippen LogP) is 2.75. The van der Waals surface area contributed by atoms with Crippen LogP contribution in [0.15, 0.2) is 65.7 Å². The van der Waals surface area contributed by atoms with E-state index in [2.05, 4.69) is 4.99 Å². The summed E-state index contributed by atoms with van der Waals surface area (Å²) in [6.07, 6.45) is -0.722. The van der Waals surface area contributed by atoms with Crippen LogP contribution in [0, 0.1) is 0 Å². The van der Waals surface area contributed by atoms with Gasteiger partial charge >= 0.3 is 5.97 Å². The maximum Gasteiger partial charge on any atom is 0.344 e. The number of esters is 1. The number of rotatable bonds is 3. The van der Waals surface area contributed by atoms with Crippen molar-refractivity contribution in [2.24, 2.45) is 4.99 Å². The number of nitrogens with zero attached hydrogens (tertiary/aromatic N) is 1. The van der Waals surface area contributed by atoms with Crippen molar-refractivity contribution in [3.63, 3.8) is 0 Å². The Morgan fingerprint density at radius 3 is 2.24 bits per heavy atom. The largest absolute Gasteiger partial charge is 0.405 e. The van der Waals surface area contributed by atoms with Gasteiger partial charge < -0.3 is 9.47 Å². The Kier molecular flexibility index (Phi) is 3.79. The molecule has 0 spiro atoms. The van der Waals surface area contributed by atoms with Gasteiger partial charge in [0.2, 0.25) is 5.90 Å². The fourth-order valence-electron chi connectivity index (χ4n) is 2.34. The van der Waals surface area contributed by atoms with Crippen molar-refractivity contribution < 1.29 is 14.3 Å². The lowest BCUT2D eigenvalue weighted by Crippen LogP contribution is -2.37. The van der Waals surface area contributed by atoms with Crippen LogP contribution in [0.3, 0.4) is 0 Å². The Morgan fingerprint density at radius 2 is 1.62 bits per heavy atom. The quantitative estimate of drug-likeness (QED) is 0.813. The zero-order valence-corrected chi connectivity index (χ0v) is 11.6. The summed E-state index contributed by atoms with van der Waals surface area (Å²) < 4.78 is 10.6. The Bertz CT molecular complexity index is 652. The lowest BCUT2D eigenvalue weighted by Gasteiger charge is -2.27. The van der Waals surface area contributed by atoms with Crippen LogP contribution in [0.5, 0.6) is 0 Å². The van der Waals surface area contributed by atoms with Crippen LogP contribution in [-0.2, 0) is 14.3 Å². The van der Waals surface area contributed by atoms with Crippen LogP contribution in [0.1, 0.15) is 17.2 Å². The number of cyclic esters (lactones) is 1. The molecule has 0 aromatic heterocycles. The van der Waals surface area contributed by atoms with E-state index in [9.17, 15) is 4.79 Å². The minimum atomic E-state index is -0.722. The number of methoxy groups -OCH3 is 1. The highest BCUT2D eigenvalue weighted by atomic mass is 16.6. The number of carbonyl (C=O) groups is 1. The molecule has 106 valence electrons. The van der Waals surface area contributed by atoms with Crippen LogP contribution in [0.4, 0.5) is 0 Å². The van der Waals surface area contributed by atoms with Crippen LogP contribution in [0.25, 0.3) is 0 Å². The molecule has 21 heavy (non-hydrogen) atoms. The first kappa shape index (κ1) is 13.5. The normalized spacial score (nSPS) is 21.6. The van der Waals surface area contributed by atoms with Crippen molar-refractivity contribution in [1.29, 1.82) is 0 Å². The SMILES string of the molecule is CO[C@H]1C(=O)OC(c2ccccc2)=N[C@H]1c1ccccc1.